The van der Waals surface area contributed by atoms with Gasteiger partial charge in [-0.15, -0.1) is 0 Å². The van der Waals surface area contributed by atoms with Crippen LogP contribution in [0.25, 0.3) is 0 Å². The standard InChI is InChI=1S/C17H18N8/c1-12-22-13(11-15(23-12)24-16-18-6-3-7-19-16)14-5-2-10-25(14)17-20-8-4-9-21-17/h3-4,6-9,11,14H,2,5,10H2,1H3,(H,18,19,22,23,24)/t14-/m1/s1. The maximum atomic E-state index is 4.64. The molecule has 1 saturated heterocycles. The summed E-state index contributed by atoms with van der Waals surface area (Å²) in [5, 5.41) is 3.14. The summed E-state index contributed by atoms with van der Waals surface area (Å²) in [6, 6.07) is 5.69. The number of hydrogen-bond acceptors (Lipinski definition) is 8. The summed E-state index contributed by atoms with van der Waals surface area (Å²) < 4.78 is 0. The van der Waals surface area contributed by atoms with Crippen LogP contribution in [0.2, 0.25) is 0 Å². The summed E-state index contributed by atoms with van der Waals surface area (Å²) in [5.74, 6) is 2.65. The average Bonchev–Trinajstić information content (AvgIpc) is 3.13. The first-order chi connectivity index (χ1) is 12.3. The lowest BCUT2D eigenvalue weighted by Gasteiger charge is -2.24. The van der Waals surface area contributed by atoms with Gasteiger partial charge in [0.2, 0.25) is 11.9 Å². The molecule has 0 bridgehead atoms. The van der Waals surface area contributed by atoms with Gasteiger partial charge < -0.3 is 10.2 Å². The van der Waals surface area contributed by atoms with Crippen molar-refractivity contribution in [1.29, 1.82) is 0 Å². The third-order valence-corrected chi connectivity index (χ3v) is 4.07. The van der Waals surface area contributed by atoms with E-state index in [0.29, 0.717) is 17.6 Å². The fourth-order valence-corrected chi connectivity index (χ4v) is 3.06. The molecule has 8 nitrogen and oxygen atoms in total. The molecule has 0 amide bonds. The molecule has 0 saturated carbocycles. The SMILES string of the molecule is Cc1nc(Nc2ncccn2)cc([C@H]2CCCN2c2ncccn2)n1. The fourth-order valence-electron chi connectivity index (χ4n) is 3.06. The summed E-state index contributed by atoms with van der Waals surface area (Å²) in [7, 11) is 0. The third-order valence-electron chi connectivity index (χ3n) is 4.07. The summed E-state index contributed by atoms with van der Waals surface area (Å²) in [5.41, 5.74) is 0.955. The number of nitrogens with zero attached hydrogens (tertiary/aromatic N) is 7. The van der Waals surface area contributed by atoms with Crippen molar-refractivity contribution < 1.29 is 0 Å². The highest BCUT2D eigenvalue weighted by Gasteiger charge is 2.29. The molecule has 3 aromatic rings. The zero-order valence-corrected chi connectivity index (χ0v) is 13.9. The van der Waals surface area contributed by atoms with Crippen molar-refractivity contribution in [3.8, 4) is 0 Å². The topological polar surface area (TPSA) is 92.6 Å². The van der Waals surface area contributed by atoms with Crippen LogP contribution in [0, 0.1) is 6.92 Å². The summed E-state index contributed by atoms with van der Waals surface area (Å²) in [6.07, 6.45) is 9.00. The Bertz CT molecular complexity index is 840. The molecule has 25 heavy (non-hydrogen) atoms. The van der Waals surface area contributed by atoms with Gasteiger partial charge in [-0.25, -0.2) is 29.9 Å². The fraction of sp³-hybridized carbons (Fsp3) is 0.294. The van der Waals surface area contributed by atoms with E-state index in [9.17, 15) is 0 Å². The minimum absolute atomic E-state index is 0.140. The predicted octanol–water partition coefficient (Wildman–Crippen LogP) is 2.45. The van der Waals surface area contributed by atoms with Gasteiger partial charge in [0.15, 0.2) is 0 Å². The van der Waals surface area contributed by atoms with E-state index in [-0.39, 0.29) is 6.04 Å². The molecule has 0 spiro atoms. The van der Waals surface area contributed by atoms with Crippen LogP contribution in [0.4, 0.5) is 17.7 Å². The molecule has 1 fully saturated rings. The van der Waals surface area contributed by atoms with E-state index in [2.05, 4.69) is 40.1 Å². The van der Waals surface area contributed by atoms with Crippen molar-refractivity contribution in [2.24, 2.45) is 0 Å². The van der Waals surface area contributed by atoms with Crippen LogP contribution in [0.15, 0.2) is 43.0 Å². The van der Waals surface area contributed by atoms with Gasteiger partial charge in [-0.3, -0.25) is 0 Å². The number of nitrogens with one attached hydrogen (secondary N) is 1. The molecule has 0 unspecified atom stereocenters. The monoisotopic (exact) mass is 334 g/mol. The highest BCUT2D eigenvalue weighted by Crippen LogP contribution is 2.34. The summed E-state index contributed by atoms with van der Waals surface area (Å²) in [4.78, 5) is 28.4. The minimum Gasteiger partial charge on any atom is -0.332 e. The van der Waals surface area contributed by atoms with E-state index in [4.69, 9.17) is 0 Å². The van der Waals surface area contributed by atoms with E-state index in [1.54, 1.807) is 30.9 Å². The molecule has 1 atom stereocenters. The molecular weight excluding hydrogens is 316 g/mol. The van der Waals surface area contributed by atoms with Gasteiger partial charge in [-0.05, 0) is 31.9 Å². The lowest BCUT2D eigenvalue weighted by molar-refractivity contribution is 0.673. The second-order valence-corrected chi connectivity index (χ2v) is 5.82. The first-order valence-electron chi connectivity index (χ1n) is 8.23. The lowest BCUT2D eigenvalue weighted by Crippen LogP contribution is -2.25. The lowest BCUT2D eigenvalue weighted by atomic mass is 10.1. The zero-order valence-electron chi connectivity index (χ0n) is 13.9. The number of aryl methyl sites for hydroxylation is 1. The van der Waals surface area contributed by atoms with Crippen LogP contribution in [0.1, 0.15) is 30.4 Å². The summed E-state index contributed by atoms with van der Waals surface area (Å²) >= 11 is 0. The molecular formula is C17H18N8. The summed E-state index contributed by atoms with van der Waals surface area (Å²) in [6.45, 7) is 2.81. The molecule has 126 valence electrons. The van der Waals surface area contributed by atoms with Crippen molar-refractivity contribution in [3.05, 3.63) is 54.5 Å². The number of rotatable bonds is 4. The van der Waals surface area contributed by atoms with Crippen LogP contribution in [-0.4, -0.2) is 36.4 Å². The Hall–Kier alpha value is -3.16. The molecule has 1 N–H and O–H groups in total. The van der Waals surface area contributed by atoms with Gasteiger partial charge in [0, 0.05) is 37.4 Å². The number of hydrogen-bond donors (Lipinski definition) is 1. The Balaban J connectivity index is 1.63. The van der Waals surface area contributed by atoms with E-state index < -0.39 is 0 Å². The Morgan fingerprint density at radius 2 is 1.72 bits per heavy atom. The normalized spacial score (nSPS) is 16.8. The highest BCUT2D eigenvalue weighted by atomic mass is 15.3. The quantitative estimate of drug-likeness (QED) is 0.778. The third kappa shape index (κ3) is 3.37. The Kier molecular flexibility index (Phi) is 4.16. The van der Waals surface area contributed by atoms with Crippen molar-refractivity contribution in [2.75, 3.05) is 16.8 Å². The maximum absolute atomic E-state index is 4.64. The molecule has 0 radical (unpaired) electrons. The molecule has 4 rings (SSSR count). The molecule has 0 aliphatic carbocycles. The first kappa shape index (κ1) is 15.4. The van der Waals surface area contributed by atoms with Crippen LogP contribution in [0.5, 0.6) is 0 Å². The Morgan fingerprint density at radius 3 is 2.48 bits per heavy atom. The van der Waals surface area contributed by atoms with Crippen molar-refractivity contribution in [1.82, 2.24) is 29.9 Å². The first-order valence-corrected chi connectivity index (χ1v) is 8.23. The molecule has 8 heteroatoms. The van der Waals surface area contributed by atoms with Gasteiger partial charge in [-0.2, -0.15) is 0 Å². The van der Waals surface area contributed by atoms with Crippen molar-refractivity contribution >= 4 is 17.7 Å². The second kappa shape index (κ2) is 6.76. The molecule has 1 aliphatic heterocycles. The molecule has 1 aliphatic rings. The van der Waals surface area contributed by atoms with E-state index in [1.807, 2.05) is 19.1 Å². The van der Waals surface area contributed by atoms with E-state index in [0.717, 1.165) is 31.0 Å². The Morgan fingerprint density at radius 1 is 1.00 bits per heavy atom. The van der Waals surface area contributed by atoms with E-state index >= 15 is 0 Å². The van der Waals surface area contributed by atoms with Gasteiger partial charge in [0.05, 0.1) is 11.7 Å². The molecule has 4 heterocycles. The van der Waals surface area contributed by atoms with Gasteiger partial charge in [0.25, 0.3) is 0 Å². The van der Waals surface area contributed by atoms with Crippen LogP contribution >= 0.6 is 0 Å². The molecule has 3 aromatic heterocycles. The number of aromatic nitrogens is 6. The van der Waals surface area contributed by atoms with Gasteiger partial charge >= 0.3 is 0 Å². The zero-order chi connectivity index (χ0) is 17.1. The predicted molar refractivity (Wildman–Crippen MR) is 93.4 cm³/mol. The van der Waals surface area contributed by atoms with Crippen LogP contribution in [0.3, 0.4) is 0 Å². The smallest absolute Gasteiger partial charge is 0.228 e. The minimum atomic E-state index is 0.140. The van der Waals surface area contributed by atoms with Crippen LogP contribution < -0.4 is 10.2 Å². The Labute approximate surface area is 145 Å². The van der Waals surface area contributed by atoms with E-state index in [1.165, 1.54) is 0 Å². The van der Waals surface area contributed by atoms with Crippen molar-refractivity contribution in [2.45, 2.75) is 25.8 Å². The average molecular weight is 334 g/mol. The van der Waals surface area contributed by atoms with Crippen LogP contribution in [-0.2, 0) is 0 Å². The van der Waals surface area contributed by atoms with Gasteiger partial charge in [0.1, 0.15) is 11.6 Å². The molecule has 0 aromatic carbocycles. The second-order valence-electron chi connectivity index (χ2n) is 5.82. The highest BCUT2D eigenvalue weighted by molar-refractivity contribution is 5.49. The largest absolute Gasteiger partial charge is 0.332 e. The van der Waals surface area contributed by atoms with Gasteiger partial charge in [-0.1, -0.05) is 0 Å². The van der Waals surface area contributed by atoms with Crippen molar-refractivity contribution in [3.63, 3.8) is 0 Å². The maximum Gasteiger partial charge on any atom is 0.228 e. The number of anilines is 3.